The zero-order valence-electron chi connectivity index (χ0n) is 10.5. The monoisotopic (exact) mass is 229 g/mol. The van der Waals surface area contributed by atoms with Gasteiger partial charge in [-0.25, -0.2) is 0 Å². The highest BCUT2D eigenvalue weighted by molar-refractivity contribution is 5.84. The molecule has 16 heavy (non-hydrogen) atoms. The maximum absolute atomic E-state index is 11.4. The van der Waals surface area contributed by atoms with Crippen LogP contribution in [0.2, 0.25) is 0 Å². The van der Waals surface area contributed by atoms with Crippen molar-refractivity contribution in [3.05, 3.63) is 0 Å². The van der Waals surface area contributed by atoms with E-state index < -0.39 is 0 Å². The molecule has 0 aliphatic carbocycles. The van der Waals surface area contributed by atoms with E-state index >= 15 is 0 Å². The summed E-state index contributed by atoms with van der Waals surface area (Å²) in [6.07, 6.45) is 2.21. The first-order valence-electron chi connectivity index (χ1n) is 5.64. The smallest absolute Gasteiger partial charge is 0.241 e. The lowest BCUT2D eigenvalue weighted by atomic mass is 10.0. The van der Waals surface area contributed by atoms with Crippen LogP contribution in [0.3, 0.4) is 0 Å². The van der Waals surface area contributed by atoms with Crippen molar-refractivity contribution in [1.82, 2.24) is 10.2 Å². The van der Waals surface area contributed by atoms with Crippen molar-refractivity contribution < 1.29 is 9.59 Å². The van der Waals surface area contributed by atoms with Gasteiger partial charge in [-0.2, -0.15) is 0 Å². The molecule has 0 radical (unpaired) electrons. The first-order valence-corrected chi connectivity index (χ1v) is 5.64. The summed E-state index contributed by atoms with van der Waals surface area (Å²) in [7, 11) is 3.33. The van der Waals surface area contributed by atoms with Crippen molar-refractivity contribution in [2.45, 2.75) is 26.2 Å². The normalized spacial score (nSPS) is 12.0. The minimum Gasteiger partial charge on any atom is -0.347 e. The van der Waals surface area contributed by atoms with E-state index in [1.54, 1.807) is 14.1 Å². The second-order valence-electron chi connectivity index (χ2n) is 4.29. The van der Waals surface area contributed by atoms with Gasteiger partial charge >= 0.3 is 0 Å². The van der Waals surface area contributed by atoms with Gasteiger partial charge in [0, 0.05) is 20.5 Å². The van der Waals surface area contributed by atoms with Gasteiger partial charge in [0.1, 0.15) is 0 Å². The molecule has 1 atom stereocenters. The number of likely N-dealkylation sites (N-methyl/N-ethyl adjacent to an activating group) is 1. The maximum Gasteiger partial charge on any atom is 0.241 e. The van der Waals surface area contributed by atoms with Crippen LogP contribution in [0.1, 0.15) is 26.2 Å². The van der Waals surface area contributed by atoms with E-state index in [1.165, 1.54) is 4.90 Å². The summed E-state index contributed by atoms with van der Waals surface area (Å²) in [4.78, 5) is 24.0. The van der Waals surface area contributed by atoms with Crippen molar-refractivity contribution in [1.29, 1.82) is 0 Å². The number of rotatable bonds is 7. The second kappa shape index (κ2) is 8.10. The number of carbonyl (C=O) groups excluding carboxylic acids is 2. The van der Waals surface area contributed by atoms with E-state index in [9.17, 15) is 9.59 Å². The van der Waals surface area contributed by atoms with Gasteiger partial charge in [-0.1, -0.05) is 6.92 Å². The third-order valence-corrected chi connectivity index (χ3v) is 2.46. The van der Waals surface area contributed by atoms with E-state index in [0.717, 1.165) is 12.8 Å². The Kier molecular flexibility index (Phi) is 7.54. The van der Waals surface area contributed by atoms with E-state index in [4.69, 9.17) is 5.73 Å². The van der Waals surface area contributed by atoms with Crippen LogP contribution >= 0.6 is 0 Å². The molecule has 0 saturated carbocycles. The van der Waals surface area contributed by atoms with Crippen LogP contribution in [0.25, 0.3) is 0 Å². The second-order valence-corrected chi connectivity index (χ2v) is 4.29. The Bertz CT molecular complexity index is 229. The van der Waals surface area contributed by atoms with E-state index in [1.807, 2.05) is 0 Å². The van der Waals surface area contributed by atoms with Crippen LogP contribution in [-0.4, -0.2) is 43.9 Å². The van der Waals surface area contributed by atoms with Crippen LogP contribution in [0.15, 0.2) is 0 Å². The molecule has 94 valence electrons. The van der Waals surface area contributed by atoms with Crippen LogP contribution in [-0.2, 0) is 9.59 Å². The average Bonchev–Trinajstić information content (AvgIpc) is 2.23. The summed E-state index contributed by atoms with van der Waals surface area (Å²) in [5.74, 6) is 0.294. The number of nitrogens with two attached hydrogens (primary N) is 1. The zero-order valence-corrected chi connectivity index (χ0v) is 10.5. The lowest BCUT2D eigenvalue weighted by molar-refractivity contribution is -0.130. The van der Waals surface area contributed by atoms with Crippen LogP contribution in [0.5, 0.6) is 0 Å². The van der Waals surface area contributed by atoms with Gasteiger partial charge < -0.3 is 16.0 Å². The van der Waals surface area contributed by atoms with Crippen LogP contribution < -0.4 is 11.1 Å². The number of hydrogen-bond acceptors (Lipinski definition) is 3. The fourth-order valence-corrected chi connectivity index (χ4v) is 1.23. The summed E-state index contributed by atoms with van der Waals surface area (Å²) in [6.45, 7) is 2.81. The minimum absolute atomic E-state index is 0.0703. The molecule has 0 aromatic carbocycles. The van der Waals surface area contributed by atoms with Crippen molar-refractivity contribution in [3.8, 4) is 0 Å². The van der Waals surface area contributed by atoms with Gasteiger partial charge in [0.15, 0.2) is 0 Å². The number of nitrogens with zero attached hydrogens (tertiary/aromatic N) is 1. The Balaban J connectivity index is 3.63. The Labute approximate surface area is 97.4 Å². The molecule has 0 aromatic rings. The van der Waals surface area contributed by atoms with Crippen molar-refractivity contribution in [2.24, 2.45) is 11.7 Å². The molecule has 0 saturated heterocycles. The van der Waals surface area contributed by atoms with Crippen molar-refractivity contribution >= 4 is 11.8 Å². The molecule has 5 heteroatoms. The molecule has 0 aromatic heterocycles. The third-order valence-electron chi connectivity index (χ3n) is 2.46. The lowest BCUT2D eigenvalue weighted by Gasteiger charge is -2.12. The van der Waals surface area contributed by atoms with Gasteiger partial charge in [-0.3, -0.25) is 9.59 Å². The number of carbonyl (C=O) groups is 2. The first kappa shape index (κ1) is 14.9. The maximum atomic E-state index is 11.4. The summed E-state index contributed by atoms with van der Waals surface area (Å²) in [5, 5.41) is 2.60. The summed E-state index contributed by atoms with van der Waals surface area (Å²) >= 11 is 0. The first-order chi connectivity index (χ1) is 7.47. The SMILES string of the molecule is CC(CCN)CCC(=O)NCC(=O)N(C)C. The molecule has 0 rings (SSSR count). The molecule has 0 fully saturated rings. The fourth-order valence-electron chi connectivity index (χ4n) is 1.23. The average molecular weight is 229 g/mol. The Hall–Kier alpha value is -1.10. The predicted octanol–water partition coefficient (Wildman–Crippen LogP) is -0.0441. The van der Waals surface area contributed by atoms with Gasteiger partial charge in [0.05, 0.1) is 6.54 Å². The fraction of sp³-hybridized carbons (Fsp3) is 0.818. The van der Waals surface area contributed by atoms with Crippen molar-refractivity contribution in [2.75, 3.05) is 27.2 Å². The van der Waals surface area contributed by atoms with Gasteiger partial charge in [0.25, 0.3) is 0 Å². The largest absolute Gasteiger partial charge is 0.347 e. The molecule has 0 bridgehead atoms. The van der Waals surface area contributed by atoms with E-state index in [2.05, 4.69) is 12.2 Å². The number of amides is 2. The summed E-state index contributed by atoms with van der Waals surface area (Å²) in [6, 6.07) is 0. The van der Waals surface area contributed by atoms with Gasteiger partial charge in [0.2, 0.25) is 11.8 Å². The van der Waals surface area contributed by atoms with Gasteiger partial charge in [-0.15, -0.1) is 0 Å². The van der Waals surface area contributed by atoms with E-state index in [-0.39, 0.29) is 18.4 Å². The molecule has 0 spiro atoms. The molecule has 2 amide bonds. The quantitative estimate of drug-likeness (QED) is 0.643. The Morgan fingerprint density at radius 3 is 2.44 bits per heavy atom. The molecule has 0 aliphatic heterocycles. The van der Waals surface area contributed by atoms with Crippen LogP contribution in [0, 0.1) is 5.92 Å². The van der Waals surface area contributed by atoms with E-state index in [0.29, 0.717) is 18.9 Å². The molecular weight excluding hydrogens is 206 g/mol. The minimum atomic E-state index is -0.0941. The van der Waals surface area contributed by atoms with Crippen molar-refractivity contribution in [3.63, 3.8) is 0 Å². The molecule has 1 unspecified atom stereocenters. The lowest BCUT2D eigenvalue weighted by Crippen LogP contribution is -2.36. The summed E-state index contributed by atoms with van der Waals surface area (Å²) < 4.78 is 0. The number of nitrogens with one attached hydrogen (secondary N) is 1. The molecule has 0 heterocycles. The standard InChI is InChI=1S/C11H23N3O2/c1-9(6-7-12)4-5-10(15)13-8-11(16)14(2)3/h9H,4-8,12H2,1-3H3,(H,13,15). The molecule has 0 aliphatic rings. The van der Waals surface area contributed by atoms with Gasteiger partial charge in [-0.05, 0) is 25.3 Å². The molecular formula is C11H23N3O2. The molecule has 3 N–H and O–H groups in total. The Morgan fingerprint density at radius 2 is 1.94 bits per heavy atom. The topological polar surface area (TPSA) is 75.4 Å². The number of hydrogen-bond donors (Lipinski definition) is 2. The predicted molar refractivity (Wildman–Crippen MR) is 63.8 cm³/mol. The Morgan fingerprint density at radius 1 is 1.31 bits per heavy atom. The zero-order chi connectivity index (χ0) is 12.6. The highest BCUT2D eigenvalue weighted by Crippen LogP contribution is 2.08. The molecule has 5 nitrogen and oxygen atoms in total. The highest BCUT2D eigenvalue weighted by atomic mass is 16.2. The van der Waals surface area contributed by atoms with Crippen LogP contribution in [0.4, 0.5) is 0 Å². The highest BCUT2D eigenvalue weighted by Gasteiger charge is 2.08. The summed E-state index contributed by atoms with van der Waals surface area (Å²) in [5.41, 5.74) is 5.42. The third kappa shape index (κ3) is 7.23.